The maximum absolute atomic E-state index is 12.7. The van der Waals surface area contributed by atoms with Gasteiger partial charge >= 0.3 is 0 Å². The van der Waals surface area contributed by atoms with Crippen LogP contribution in [0.4, 0.5) is 0 Å². The Bertz CT molecular complexity index is 745. The average molecular weight is 387 g/mol. The number of hydrogen-bond acceptors (Lipinski definition) is 5. The van der Waals surface area contributed by atoms with Gasteiger partial charge in [0.1, 0.15) is 0 Å². The molecular weight excluding hydrogens is 358 g/mol. The highest BCUT2D eigenvalue weighted by Crippen LogP contribution is 2.50. The first kappa shape index (κ1) is 19.4. The third-order valence-electron chi connectivity index (χ3n) is 6.72. The number of likely N-dealkylation sites (tertiary alicyclic amines) is 1. The average Bonchev–Trinajstić information content (AvgIpc) is 3.05. The van der Waals surface area contributed by atoms with Gasteiger partial charge in [-0.15, -0.1) is 0 Å². The first-order chi connectivity index (χ1) is 13.5. The Morgan fingerprint density at radius 2 is 2.04 bits per heavy atom. The Morgan fingerprint density at radius 1 is 1.29 bits per heavy atom. The fraction of sp³-hybridized carbons (Fsp3) is 0.619. The number of nitrogens with two attached hydrogens (primary N) is 1. The number of aliphatic hydroxyl groups is 1. The summed E-state index contributed by atoms with van der Waals surface area (Å²) in [6.07, 6.45) is 2.19. The molecule has 4 rings (SSSR count). The normalized spacial score (nSPS) is 25.7. The third-order valence-corrected chi connectivity index (χ3v) is 6.72. The fourth-order valence-electron chi connectivity index (χ4n) is 4.88. The summed E-state index contributed by atoms with van der Waals surface area (Å²) in [7, 11) is 0. The summed E-state index contributed by atoms with van der Waals surface area (Å²) in [5.41, 5.74) is 7.08. The number of amides is 2. The van der Waals surface area contributed by atoms with Crippen LogP contribution in [0.1, 0.15) is 41.6 Å². The van der Waals surface area contributed by atoms with Gasteiger partial charge in [-0.05, 0) is 24.5 Å². The molecule has 2 atom stereocenters. The van der Waals surface area contributed by atoms with Gasteiger partial charge in [-0.2, -0.15) is 0 Å². The van der Waals surface area contributed by atoms with Gasteiger partial charge in [-0.25, -0.2) is 0 Å². The molecule has 7 heteroatoms. The molecule has 2 amide bonds. The van der Waals surface area contributed by atoms with Crippen molar-refractivity contribution in [2.75, 3.05) is 32.8 Å². The lowest BCUT2D eigenvalue weighted by Crippen LogP contribution is -2.63. The van der Waals surface area contributed by atoms with Crippen LogP contribution in [-0.2, 0) is 16.1 Å². The van der Waals surface area contributed by atoms with E-state index in [0.717, 1.165) is 24.0 Å². The Hall–Kier alpha value is -1.96. The van der Waals surface area contributed by atoms with Crippen LogP contribution in [-0.4, -0.2) is 71.7 Å². The highest BCUT2D eigenvalue weighted by Gasteiger charge is 2.56. The van der Waals surface area contributed by atoms with Gasteiger partial charge in [0.25, 0.3) is 5.91 Å². The number of rotatable bonds is 6. The first-order valence-electron chi connectivity index (χ1n) is 10.2. The van der Waals surface area contributed by atoms with E-state index in [2.05, 4.69) is 0 Å². The number of ether oxygens (including phenoxy) is 1. The van der Waals surface area contributed by atoms with E-state index in [-0.39, 0.29) is 29.4 Å². The second-order valence-corrected chi connectivity index (χ2v) is 8.15. The maximum Gasteiger partial charge on any atom is 0.254 e. The molecule has 0 bridgehead atoms. The minimum Gasteiger partial charge on any atom is -0.392 e. The summed E-state index contributed by atoms with van der Waals surface area (Å²) in [4.78, 5) is 28.7. The van der Waals surface area contributed by atoms with Crippen LogP contribution >= 0.6 is 0 Å². The molecule has 28 heavy (non-hydrogen) atoms. The van der Waals surface area contributed by atoms with E-state index in [9.17, 15) is 14.7 Å². The van der Waals surface area contributed by atoms with Crippen molar-refractivity contribution in [3.63, 3.8) is 0 Å². The molecule has 0 unspecified atom stereocenters. The zero-order chi connectivity index (χ0) is 19.7. The largest absolute Gasteiger partial charge is 0.392 e. The number of carbonyl (C=O) groups excluding carboxylic acids is 2. The molecule has 7 nitrogen and oxygen atoms in total. The van der Waals surface area contributed by atoms with Crippen molar-refractivity contribution in [3.05, 3.63) is 35.4 Å². The molecular formula is C21H29N3O4. The Morgan fingerprint density at radius 3 is 2.71 bits per heavy atom. The van der Waals surface area contributed by atoms with Crippen molar-refractivity contribution in [2.24, 2.45) is 11.1 Å². The van der Waals surface area contributed by atoms with Crippen molar-refractivity contribution in [3.8, 4) is 0 Å². The second-order valence-electron chi connectivity index (χ2n) is 8.15. The molecule has 152 valence electrons. The molecule has 3 aliphatic rings. The highest BCUT2D eigenvalue weighted by molar-refractivity contribution is 5.98. The van der Waals surface area contributed by atoms with Crippen LogP contribution in [0.15, 0.2) is 24.3 Å². The van der Waals surface area contributed by atoms with Crippen molar-refractivity contribution < 1.29 is 19.4 Å². The van der Waals surface area contributed by atoms with Crippen LogP contribution in [0.3, 0.4) is 0 Å². The molecule has 1 spiro atoms. The minimum atomic E-state index is -0.353. The van der Waals surface area contributed by atoms with Gasteiger partial charge < -0.3 is 25.4 Å². The van der Waals surface area contributed by atoms with Crippen LogP contribution < -0.4 is 5.73 Å². The Labute approximate surface area is 165 Å². The van der Waals surface area contributed by atoms with Crippen molar-refractivity contribution in [1.29, 1.82) is 0 Å². The van der Waals surface area contributed by atoms with E-state index >= 15 is 0 Å². The zero-order valence-electron chi connectivity index (χ0n) is 16.2. The van der Waals surface area contributed by atoms with E-state index in [1.807, 2.05) is 29.2 Å². The SMILES string of the molecule is NCCO[C@@H]1C[C@H](O)C12CCN(C(=O)CCN1Cc3ccccc3C1=O)CC2. The van der Waals surface area contributed by atoms with Gasteiger partial charge in [0.15, 0.2) is 0 Å². The van der Waals surface area contributed by atoms with Crippen molar-refractivity contribution in [1.82, 2.24) is 9.80 Å². The molecule has 0 radical (unpaired) electrons. The van der Waals surface area contributed by atoms with E-state index < -0.39 is 0 Å². The predicted octanol–water partition coefficient (Wildman–Crippen LogP) is 0.750. The summed E-state index contributed by atoms with van der Waals surface area (Å²) in [5, 5.41) is 10.3. The van der Waals surface area contributed by atoms with Crippen molar-refractivity contribution >= 4 is 11.8 Å². The Balaban J connectivity index is 1.27. The summed E-state index contributed by atoms with van der Waals surface area (Å²) in [6, 6.07) is 7.61. The maximum atomic E-state index is 12.7. The zero-order valence-corrected chi connectivity index (χ0v) is 16.2. The molecule has 2 heterocycles. The van der Waals surface area contributed by atoms with E-state index in [4.69, 9.17) is 10.5 Å². The van der Waals surface area contributed by atoms with Gasteiger partial charge in [0, 0.05) is 56.5 Å². The summed E-state index contributed by atoms with van der Waals surface area (Å²) in [5.74, 6) is 0.0883. The van der Waals surface area contributed by atoms with Crippen LogP contribution in [0, 0.1) is 5.41 Å². The number of aliphatic hydroxyl groups excluding tert-OH is 1. The van der Waals surface area contributed by atoms with Gasteiger partial charge in [0.2, 0.25) is 5.91 Å². The van der Waals surface area contributed by atoms with E-state index in [1.54, 1.807) is 4.90 Å². The predicted molar refractivity (Wildman–Crippen MR) is 103 cm³/mol. The molecule has 2 fully saturated rings. The lowest BCUT2D eigenvalue weighted by Gasteiger charge is -2.56. The molecule has 1 saturated carbocycles. The third kappa shape index (κ3) is 3.32. The van der Waals surface area contributed by atoms with Crippen LogP contribution in [0.5, 0.6) is 0 Å². The fourth-order valence-corrected chi connectivity index (χ4v) is 4.88. The van der Waals surface area contributed by atoms with E-state index in [0.29, 0.717) is 52.2 Å². The van der Waals surface area contributed by atoms with Gasteiger partial charge in [-0.1, -0.05) is 18.2 Å². The molecule has 1 aliphatic carbocycles. The van der Waals surface area contributed by atoms with Crippen LogP contribution in [0.25, 0.3) is 0 Å². The summed E-state index contributed by atoms with van der Waals surface area (Å²) >= 11 is 0. The number of piperidine rings is 1. The number of hydrogen-bond donors (Lipinski definition) is 2. The lowest BCUT2D eigenvalue weighted by molar-refractivity contribution is -0.210. The topological polar surface area (TPSA) is 96.1 Å². The molecule has 1 aromatic rings. The number of benzene rings is 1. The van der Waals surface area contributed by atoms with E-state index in [1.165, 1.54) is 0 Å². The van der Waals surface area contributed by atoms with Gasteiger partial charge in [-0.3, -0.25) is 9.59 Å². The van der Waals surface area contributed by atoms with Gasteiger partial charge in [0.05, 0.1) is 18.8 Å². The molecule has 1 saturated heterocycles. The molecule has 2 aliphatic heterocycles. The van der Waals surface area contributed by atoms with Crippen LogP contribution in [0.2, 0.25) is 0 Å². The molecule has 3 N–H and O–H groups in total. The second kappa shape index (κ2) is 7.81. The summed E-state index contributed by atoms with van der Waals surface area (Å²) < 4.78 is 5.81. The Kier molecular flexibility index (Phi) is 5.40. The van der Waals surface area contributed by atoms with Crippen molar-refractivity contribution in [2.45, 2.75) is 44.4 Å². The lowest BCUT2D eigenvalue weighted by atomic mass is 9.58. The first-order valence-corrected chi connectivity index (χ1v) is 10.2. The smallest absolute Gasteiger partial charge is 0.254 e. The highest BCUT2D eigenvalue weighted by atomic mass is 16.5. The standard InChI is InChI=1S/C21H29N3O4/c22-8-12-28-18-13-17(25)21(18)6-10-23(11-7-21)19(26)5-9-24-14-15-3-1-2-4-16(15)20(24)27/h1-4,17-18,25H,5-14,22H2/t17-,18+/m0/s1. The molecule has 0 aromatic heterocycles. The number of fused-ring (bicyclic) bond motifs is 1. The molecule has 1 aromatic carbocycles. The monoisotopic (exact) mass is 387 g/mol. The number of nitrogens with zero attached hydrogens (tertiary/aromatic N) is 2. The number of carbonyl (C=O) groups is 2. The summed E-state index contributed by atoms with van der Waals surface area (Å²) in [6.45, 7) is 3.27. The minimum absolute atomic E-state index is 0.0125. The quantitative estimate of drug-likeness (QED) is 0.751.